The highest BCUT2D eigenvalue weighted by Gasteiger charge is 2.19. The first-order valence-corrected chi connectivity index (χ1v) is 9.57. The zero-order valence-electron chi connectivity index (χ0n) is 16.5. The van der Waals surface area contributed by atoms with Gasteiger partial charge in [-0.15, -0.1) is 0 Å². The molecular formula is C22H27FN4O. The average molecular weight is 382 g/mol. The van der Waals surface area contributed by atoms with E-state index in [4.69, 9.17) is 0 Å². The van der Waals surface area contributed by atoms with Crippen LogP contribution in [0.15, 0.2) is 53.5 Å². The lowest BCUT2D eigenvalue weighted by Crippen LogP contribution is -2.38. The number of nitrogens with one attached hydrogen (secondary N) is 1. The van der Waals surface area contributed by atoms with Crippen molar-refractivity contribution in [3.63, 3.8) is 0 Å². The molecule has 1 heterocycles. The van der Waals surface area contributed by atoms with Crippen LogP contribution in [0.2, 0.25) is 0 Å². The van der Waals surface area contributed by atoms with Gasteiger partial charge in [0.2, 0.25) is 5.91 Å². The van der Waals surface area contributed by atoms with E-state index in [1.165, 1.54) is 12.1 Å². The van der Waals surface area contributed by atoms with Crippen molar-refractivity contribution in [3.05, 3.63) is 71.0 Å². The Hall–Kier alpha value is -2.89. The van der Waals surface area contributed by atoms with Gasteiger partial charge in [-0.2, -0.15) is 0 Å². The molecule has 1 N–H and O–H groups in total. The minimum atomic E-state index is -0.232. The zero-order chi connectivity index (χ0) is 19.9. The lowest BCUT2D eigenvalue weighted by molar-refractivity contribution is -0.128. The molecule has 6 heteroatoms. The van der Waals surface area contributed by atoms with Crippen LogP contribution < -0.4 is 5.32 Å². The molecular weight excluding hydrogens is 355 g/mol. The number of hydrogen-bond donors (Lipinski definition) is 1. The Morgan fingerprint density at radius 3 is 2.57 bits per heavy atom. The Balaban J connectivity index is 1.52. The van der Waals surface area contributed by atoms with E-state index in [9.17, 15) is 9.18 Å². The fourth-order valence-corrected chi connectivity index (χ4v) is 3.40. The molecule has 0 aliphatic carbocycles. The summed E-state index contributed by atoms with van der Waals surface area (Å²) in [6, 6.07) is 14.9. The maximum atomic E-state index is 13.4. The van der Waals surface area contributed by atoms with Gasteiger partial charge in [0, 0.05) is 46.7 Å². The number of carbonyl (C=O) groups is 1. The van der Waals surface area contributed by atoms with Crippen LogP contribution in [0.25, 0.3) is 0 Å². The fraction of sp³-hybridized carbons (Fsp3) is 0.364. The lowest BCUT2D eigenvalue weighted by Gasteiger charge is -2.22. The third-order valence-electron chi connectivity index (χ3n) is 4.90. The van der Waals surface area contributed by atoms with E-state index in [1.54, 1.807) is 13.1 Å². The SMILES string of the molecule is CN=C(NCc1ccc(CN2CCCC2=O)cc1)N(C)Cc1cccc(F)c1. The van der Waals surface area contributed by atoms with Crippen LogP contribution in [0.5, 0.6) is 0 Å². The van der Waals surface area contributed by atoms with Crippen LogP contribution in [-0.2, 0) is 24.4 Å². The second-order valence-corrected chi connectivity index (χ2v) is 7.12. The molecule has 3 rings (SSSR count). The molecule has 28 heavy (non-hydrogen) atoms. The van der Waals surface area contributed by atoms with Gasteiger partial charge in [-0.1, -0.05) is 36.4 Å². The number of aliphatic imine (C=N–C) groups is 1. The molecule has 148 valence electrons. The number of amides is 1. The Morgan fingerprint density at radius 1 is 1.18 bits per heavy atom. The summed E-state index contributed by atoms with van der Waals surface area (Å²) in [4.78, 5) is 19.9. The third kappa shape index (κ3) is 5.31. The van der Waals surface area contributed by atoms with Gasteiger partial charge in [-0.3, -0.25) is 9.79 Å². The number of hydrogen-bond acceptors (Lipinski definition) is 2. The Bertz CT molecular complexity index is 835. The minimum Gasteiger partial charge on any atom is -0.352 e. The van der Waals surface area contributed by atoms with Crippen molar-refractivity contribution in [1.29, 1.82) is 0 Å². The van der Waals surface area contributed by atoms with Gasteiger partial charge >= 0.3 is 0 Å². The smallest absolute Gasteiger partial charge is 0.222 e. The van der Waals surface area contributed by atoms with E-state index >= 15 is 0 Å². The van der Waals surface area contributed by atoms with Gasteiger partial charge in [0.15, 0.2) is 5.96 Å². The van der Waals surface area contributed by atoms with Crippen molar-refractivity contribution < 1.29 is 9.18 Å². The number of guanidine groups is 1. The Morgan fingerprint density at radius 2 is 1.93 bits per heavy atom. The van der Waals surface area contributed by atoms with E-state index < -0.39 is 0 Å². The molecule has 0 unspecified atom stereocenters. The number of rotatable bonds is 6. The maximum absolute atomic E-state index is 13.4. The first-order chi connectivity index (χ1) is 13.5. The van der Waals surface area contributed by atoms with Crippen molar-refractivity contribution in [1.82, 2.24) is 15.1 Å². The Kier molecular flexibility index (Phi) is 6.63. The summed E-state index contributed by atoms with van der Waals surface area (Å²) in [6.07, 6.45) is 1.63. The highest BCUT2D eigenvalue weighted by atomic mass is 19.1. The van der Waals surface area contributed by atoms with Gasteiger partial charge in [0.1, 0.15) is 5.82 Å². The molecule has 1 fully saturated rings. The normalized spacial score (nSPS) is 14.5. The first-order valence-electron chi connectivity index (χ1n) is 9.57. The van der Waals surface area contributed by atoms with Crippen LogP contribution in [0.3, 0.4) is 0 Å². The molecule has 0 bridgehead atoms. The van der Waals surface area contributed by atoms with Gasteiger partial charge < -0.3 is 15.1 Å². The van der Waals surface area contributed by atoms with Crippen LogP contribution in [0.1, 0.15) is 29.5 Å². The molecule has 2 aromatic rings. The molecule has 5 nitrogen and oxygen atoms in total. The standard InChI is InChI=1S/C22H27FN4O/c1-24-22(26(2)15-19-5-3-6-20(23)13-19)25-14-17-8-10-18(11-9-17)16-27-12-4-7-21(27)28/h3,5-6,8-11,13H,4,7,12,14-16H2,1-2H3,(H,24,25). The van der Waals surface area contributed by atoms with E-state index in [-0.39, 0.29) is 11.7 Å². The van der Waals surface area contributed by atoms with E-state index in [0.717, 1.165) is 35.6 Å². The summed E-state index contributed by atoms with van der Waals surface area (Å²) >= 11 is 0. The highest BCUT2D eigenvalue weighted by Crippen LogP contribution is 2.15. The predicted octanol–water partition coefficient (Wildman–Crippen LogP) is 3.16. The van der Waals surface area contributed by atoms with Gasteiger partial charge in [-0.05, 0) is 35.2 Å². The number of likely N-dealkylation sites (tertiary alicyclic amines) is 1. The molecule has 0 aromatic heterocycles. The van der Waals surface area contributed by atoms with Crippen molar-refractivity contribution in [2.45, 2.75) is 32.5 Å². The summed E-state index contributed by atoms with van der Waals surface area (Å²) in [7, 11) is 3.66. The second kappa shape index (κ2) is 9.35. The summed E-state index contributed by atoms with van der Waals surface area (Å²) in [5, 5.41) is 3.34. The molecule has 0 atom stereocenters. The molecule has 1 amide bonds. The van der Waals surface area contributed by atoms with Crippen molar-refractivity contribution in [2.24, 2.45) is 4.99 Å². The molecule has 2 aromatic carbocycles. The van der Waals surface area contributed by atoms with E-state index in [0.29, 0.717) is 26.1 Å². The van der Waals surface area contributed by atoms with Gasteiger partial charge in [-0.25, -0.2) is 4.39 Å². The maximum Gasteiger partial charge on any atom is 0.222 e. The summed E-state index contributed by atoms with van der Waals surface area (Å²) in [5.74, 6) is 0.761. The van der Waals surface area contributed by atoms with Crippen LogP contribution in [0, 0.1) is 5.82 Å². The first kappa shape index (κ1) is 19.9. The largest absolute Gasteiger partial charge is 0.352 e. The summed E-state index contributed by atoms with van der Waals surface area (Å²) in [6.45, 7) is 2.75. The number of benzene rings is 2. The number of carbonyl (C=O) groups excluding carboxylic acids is 1. The van der Waals surface area contributed by atoms with E-state index in [1.807, 2.05) is 22.9 Å². The molecule has 1 aliphatic heterocycles. The minimum absolute atomic E-state index is 0.232. The number of nitrogens with zero attached hydrogens (tertiary/aromatic N) is 3. The quantitative estimate of drug-likeness (QED) is 0.617. The summed E-state index contributed by atoms with van der Waals surface area (Å²) in [5.41, 5.74) is 3.18. The van der Waals surface area contributed by atoms with Gasteiger partial charge in [0.05, 0.1) is 0 Å². The highest BCUT2D eigenvalue weighted by molar-refractivity contribution is 5.79. The van der Waals surface area contributed by atoms with Crippen LogP contribution >= 0.6 is 0 Å². The molecule has 1 saturated heterocycles. The molecule has 0 saturated carbocycles. The lowest BCUT2D eigenvalue weighted by atomic mass is 10.1. The predicted molar refractivity (Wildman–Crippen MR) is 109 cm³/mol. The second-order valence-electron chi connectivity index (χ2n) is 7.12. The molecule has 1 aliphatic rings. The monoisotopic (exact) mass is 382 g/mol. The molecule has 0 spiro atoms. The summed E-state index contributed by atoms with van der Waals surface area (Å²) < 4.78 is 13.4. The van der Waals surface area contributed by atoms with Crippen molar-refractivity contribution in [3.8, 4) is 0 Å². The fourth-order valence-electron chi connectivity index (χ4n) is 3.40. The number of halogens is 1. The average Bonchev–Trinajstić information content (AvgIpc) is 3.08. The van der Waals surface area contributed by atoms with Crippen LogP contribution in [0.4, 0.5) is 4.39 Å². The zero-order valence-corrected chi connectivity index (χ0v) is 16.5. The third-order valence-corrected chi connectivity index (χ3v) is 4.90. The van der Waals surface area contributed by atoms with Crippen LogP contribution in [-0.4, -0.2) is 42.3 Å². The van der Waals surface area contributed by atoms with E-state index in [2.05, 4.69) is 34.6 Å². The Labute approximate surface area is 165 Å². The topological polar surface area (TPSA) is 47.9 Å². The van der Waals surface area contributed by atoms with Gasteiger partial charge in [0.25, 0.3) is 0 Å². The van der Waals surface area contributed by atoms with Crippen molar-refractivity contribution in [2.75, 3.05) is 20.6 Å². The molecule has 0 radical (unpaired) electrons. The van der Waals surface area contributed by atoms with Crippen molar-refractivity contribution >= 4 is 11.9 Å².